The Balaban J connectivity index is 2.11. The summed E-state index contributed by atoms with van der Waals surface area (Å²) in [6, 6.07) is 5.72. The van der Waals surface area contributed by atoms with Crippen molar-refractivity contribution in [2.75, 3.05) is 0 Å². The van der Waals surface area contributed by atoms with Crippen LogP contribution in [0, 0.1) is 11.8 Å². The first-order valence-electron chi connectivity index (χ1n) is 6.21. The molecule has 0 heterocycles. The first-order valence-corrected chi connectivity index (χ1v) is 7.38. The third-order valence-corrected chi connectivity index (χ3v) is 4.61. The average molecular weight is 318 g/mol. The van der Waals surface area contributed by atoms with Gasteiger partial charge in [0.2, 0.25) is 0 Å². The summed E-state index contributed by atoms with van der Waals surface area (Å²) in [5.74, 6) is 1.17. The molecule has 0 bridgehead atoms. The minimum Gasteiger partial charge on any atom is -0.388 e. The lowest BCUT2D eigenvalue weighted by Crippen LogP contribution is -2.19. The Morgan fingerprint density at radius 1 is 1.29 bits per heavy atom. The molecule has 1 fully saturated rings. The normalized spacial score (nSPS) is 26.8. The molecular formula is C14H18BrClO. The maximum atomic E-state index is 10.4. The molecule has 1 saturated carbocycles. The van der Waals surface area contributed by atoms with Gasteiger partial charge in [-0.2, -0.15) is 0 Å². The van der Waals surface area contributed by atoms with Crippen molar-refractivity contribution in [3.05, 3.63) is 33.3 Å². The van der Waals surface area contributed by atoms with Crippen LogP contribution in [0.15, 0.2) is 22.7 Å². The van der Waals surface area contributed by atoms with Gasteiger partial charge < -0.3 is 5.11 Å². The highest BCUT2D eigenvalue weighted by Crippen LogP contribution is 2.39. The summed E-state index contributed by atoms with van der Waals surface area (Å²) in [6.07, 6.45) is 4.23. The van der Waals surface area contributed by atoms with Crippen molar-refractivity contribution >= 4 is 27.5 Å². The van der Waals surface area contributed by atoms with Gasteiger partial charge in [-0.05, 0) is 42.4 Å². The average Bonchev–Trinajstić information content (AvgIpc) is 2.29. The molecule has 1 aromatic carbocycles. The quantitative estimate of drug-likeness (QED) is 0.817. The van der Waals surface area contributed by atoms with E-state index in [0.717, 1.165) is 28.8 Å². The van der Waals surface area contributed by atoms with E-state index in [1.165, 1.54) is 12.8 Å². The van der Waals surface area contributed by atoms with E-state index in [1.54, 1.807) is 0 Å². The van der Waals surface area contributed by atoms with Crippen LogP contribution in [0.2, 0.25) is 5.02 Å². The number of halogens is 2. The molecule has 0 saturated heterocycles. The number of aliphatic hydroxyl groups excluding tert-OH is 1. The molecule has 0 aliphatic heterocycles. The van der Waals surface area contributed by atoms with Gasteiger partial charge in [-0.25, -0.2) is 0 Å². The van der Waals surface area contributed by atoms with Crippen molar-refractivity contribution in [3.63, 3.8) is 0 Å². The van der Waals surface area contributed by atoms with E-state index in [9.17, 15) is 5.11 Å². The molecule has 1 aliphatic carbocycles. The summed E-state index contributed by atoms with van der Waals surface area (Å²) in [6.45, 7) is 2.29. The van der Waals surface area contributed by atoms with Crippen LogP contribution >= 0.6 is 27.5 Å². The third kappa shape index (κ3) is 3.24. The first-order chi connectivity index (χ1) is 8.08. The van der Waals surface area contributed by atoms with Crippen LogP contribution in [0.25, 0.3) is 0 Å². The van der Waals surface area contributed by atoms with E-state index in [1.807, 2.05) is 18.2 Å². The summed E-state index contributed by atoms with van der Waals surface area (Å²) in [5, 5.41) is 11.1. The molecular weight excluding hydrogens is 300 g/mol. The van der Waals surface area contributed by atoms with Crippen molar-refractivity contribution in [1.29, 1.82) is 0 Å². The number of hydrogen-bond donors (Lipinski definition) is 1. The number of hydrogen-bond acceptors (Lipinski definition) is 1. The van der Waals surface area contributed by atoms with Gasteiger partial charge in [0.25, 0.3) is 0 Å². The molecule has 1 aromatic rings. The Morgan fingerprint density at radius 2 is 1.94 bits per heavy atom. The summed E-state index contributed by atoms with van der Waals surface area (Å²) in [7, 11) is 0. The summed E-state index contributed by atoms with van der Waals surface area (Å²) in [4.78, 5) is 0. The topological polar surface area (TPSA) is 20.2 Å². The molecule has 1 unspecified atom stereocenters. The molecule has 2 rings (SSSR count). The molecule has 3 heteroatoms. The largest absolute Gasteiger partial charge is 0.388 e. The van der Waals surface area contributed by atoms with Gasteiger partial charge in [-0.15, -0.1) is 0 Å². The van der Waals surface area contributed by atoms with Crippen LogP contribution in [0.5, 0.6) is 0 Å². The minimum absolute atomic E-state index is 0.366. The Labute approximate surface area is 116 Å². The second-order valence-corrected chi connectivity index (χ2v) is 6.45. The maximum absolute atomic E-state index is 10.4. The number of benzene rings is 1. The van der Waals surface area contributed by atoms with E-state index in [0.29, 0.717) is 10.9 Å². The second kappa shape index (κ2) is 5.73. The van der Waals surface area contributed by atoms with Crippen LogP contribution < -0.4 is 0 Å². The Kier molecular flexibility index (Phi) is 4.51. The maximum Gasteiger partial charge on any atom is 0.0832 e. The highest BCUT2D eigenvalue weighted by Gasteiger charge is 2.26. The number of aliphatic hydroxyl groups is 1. The zero-order valence-electron chi connectivity index (χ0n) is 10.00. The van der Waals surface area contributed by atoms with Gasteiger partial charge >= 0.3 is 0 Å². The smallest absolute Gasteiger partial charge is 0.0832 e. The van der Waals surface area contributed by atoms with Gasteiger partial charge in [-0.1, -0.05) is 53.4 Å². The van der Waals surface area contributed by atoms with Crippen LogP contribution in [0.1, 0.15) is 44.3 Å². The Hall–Kier alpha value is -0.0500. The Morgan fingerprint density at radius 3 is 2.53 bits per heavy atom. The second-order valence-electron chi connectivity index (χ2n) is 5.13. The van der Waals surface area contributed by atoms with E-state index in [2.05, 4.69) is 22.9 Å². The molecule has 0 radical (unpaired) electrons. The van der Waals surface area contributed by atoms with Gasteiger partial charge in [0, 0.05) is 9.50 Å². The van der Waals surface area contributed by atoms with Crippen LogP contribution in [-0.2, 0) is 0 Å². The lowest BCUT2D eigenvalue weighted by Gasteiger charge is -2.30. The molecule has 17 heavy (non-hydrogen) atoms. The van der Waals surface area contributed by atoms with Gasteiger partial charge in [0.15, 0.2) is 0 Å². The SMILES string of the molecule is CC1CCC(C(O)c2ccc(Br)cc2Cl)CC1. The Bertz CT molecular complexity index is 386. The summed E-state index contributed by atoms with van der Waals surface area (Å²) in [5.41, 5.74) is 0.870. The fraction of sp³-hybridized carbons (Fsp3) is 0.571. The van der Waals surface area contributed by atoms with Crippen LogP contribution in [0.4, 0.5) is 0 Å². The standard InChI is InChI=1S/C14H18BrClO/c1-9-2-4-10(5-3-9)14(17)12-7-6-11(15)8-13(12)16/h6-10,14,17H,2-5H2,1H3. The zero-order chi connectivity index (χ0) is 12.4. The summed E-state index contributed by atoms with van der Waals surface area (Å²) < 4.78 is 0.954. The van der Waals surface area contributed by atoms with Gasteiger partial charge in [0.1, 0.15) is 0 Å². The summed E-state index contributed by atoms with van der Waals surface area (Å²) >= 11 is 9.57. The van der Waals surface area contributed by atoms with E-state index in [4.69, 9.17) is 11.6 Å². The zero-order valence-corrected chi connectivity index (χ0v) is 12.3. The van der Waals surface area contributed by atoms with Gasteiger partial charge in [-0.3, -0.25) is 0 Å². The van der Waals surface area contributed by atoms with Crippen LogP contribution in [0.3, 0.4) is 0 Å². The molecule has 94 valence electrons. The lowest BCUT2D eigenvalue weighted by molar-refractivity contribution is 0.0756. The first kappa shape index (κ1) is 13.4. The van der Waals surface area contributed by atoms with E-state index >= 15 is 0 Å². The van der Waals surface area contributed by atoms with Crippen LogP contribution in [-0.4, -0.2) is 5.11 Å². The lowest BCUT2D eigenvalue weighted by atomic mass is 9.78. The molecule has 1 nitrogen and oxygen atoms in total. The molecule has 1 atom stereocenters. The van der Waals surface area contributed by atoms with Crippen molar-refractivity contribution in [2.45, 2.75) is 38.7 Å². The van der Waals surface area contributed by atoms with Gasteiger partial charge in [0.05, 0.1) is 6.10 Å². The van der Waals surface area contributed by atoms with Crippen molar-refractivity contribution in [1.82, 2.24) is 0 Å². The van der Waals surface area contributed by atoms with E-state index < -0.39 is 6.10 Å². The highest BCUT2D eigenvalue weighted by molar-refractivity contribution is 9.10. The third-order valence-electron chi connectivity index (χ3n) is 3.79. The monoisotopic (exact) mass is 316 g/mol. The molecule has 0 aromatic heterocycles. The minimum atomic E-state index is -0.414. The fourth-order valence-electron chi connectivity index (χ4n) is 2.60. The predicted octanol–water partition coefficient (Wildman–Crippen LogP) is 4.96. The molecule has 0 spiro atoms. The number of rotatable bonds is 2. The highest BCUT2D eigenvalue weighted by atomic mass is 79.9. The van der Waals surface area contributed by atoms with Crippen molar-refractivity contribution in [3.8, 4) is 0 Å². The van der Waals surface area contributed by atoms with Crippen molar-refractivity contribution < 1.29 is 5.11 Å². The molecule has 0 amide bonds. The predicted molar refractivity (Wildman–Crippen MR) is 75.2 cm³/mol. The molecule has 1 N–H and O–H groups in total. The van der Waals surface area contributed by atoms with Crippen molar-refractivity contribution in [2.24, 2.45) is 11.8 Å². The molecule has 1 aliphatic rings. The fourth-order valence-corrected chi connectivity index (χ4v) is 3.38. The van der Waals surface area contributed by atoms with E-state index in [-0.39, 0.29) is 0 Å².